The highest BCUT2D eigenvalue weighted by molar-refractivity contribution is 6.30. The minimum absolute atomic E-state index is 0.0563. The molecule has 0 radical (unpaired) electrons. The number of methoxy groups -OCH3 is 1. The van der Waals surface area contributed by atoms with Crippen LogP contribution in [0.5, 0.6) is 5.88 Å². The van der Waals surface area contributed by atoms with Crippen LogP contribution < -0.4 is 10.1 Å². The predicted molar refractivity (Wildman–Crippen MR) is 123 cm³/mol. The molecule has 4 rings (SSSR count). The third-order valence-corrected chi connectivity index (χ3v) is 5.47. The number of halogens is 1. The number of ether oxygens (including phenoxy) is 2. The number of nitrogens with one attached hydrogen (secondary N) is 1. The lowest BCUT2D eigenvalue weighted by Crippen LogP contribution is -2.26. The highest BCUT2D eigenvalue weighted by atomic mass is 35.5. The molecule has 1 amide bonds. The maximum absolute atomic E-state index is 12.2. The average molecular weight is 435 g/mol. The van der Waals surface area contributed by atoms with Crippen molar-refractivity contribution < 1.29 is 14.3 Å². The summed E-state index contributed by atoms with van der Waals surface area (Å²) in [7, 11) is 1.56. The van der Waals surface area contributed by atoms with Crippen LogP contribution >= 0.6 is 11.6 Å². The quantitative estimate of drug-likeness (QED) is 0.485. The molecule has 1 heterocycles. The zero-order chi connectivity index (χ0) is 21.6. The summed E-state index contributed by atoms with van der Waals surface area (Å²) in [5, 5.41) is 3.33. The van der Waals surface area contributed by atoms with Crippen molar-refractivity contribution in [2.75, 3.05) is 20.3 Å². The second kappa shape index (κ2) is 9.67. The van der Waals surface area contributed by atoms with Gasteiger partial charge >= 0.3 is 6.09 Å². The number of carbonyl (C=O) groups excluding carboxylic acids is 1. The Labute approximate surface area is 186 Å². The molecule has 31 heavy (non-hydrogen) atoms. The van der Waals surface area contributed by atoms with Crippen molar-refractivity contribution >= 4 is 23.8 Å². The molecule has 0 bridgehead atoms. The number of amides is 1. The van der Waals surface area contributed by atoms with Gasteiger partial charge in [0.25, 0.3) is 0 Å². The fraction of sp³-hybridized carbons (Fsp3) is 0.200. The number of pyridine rings is 1. The first-order valence-corrected chi connectivity index (χ1v) is 10.5. The fourth-order valence-electron chi connectivity index (χ4n) is 3.85. The van der Waals surface area contributed by atoms with E-state index in [1.807, 2.05) is 36.4 Å². The zero-order valence-electron chi connectivity index (χ0n) is 17.2. The Bertz CT molecular complexity index is 1070. The van der Waals surface area contributed by atoms with Crippen LogP contribution in [0, 0.1) is 0 Å². The van der Waals surface area contributed by atoms with Gasteiger partial charge in [0, 0.05) is 24.2 Å². The number of hydrogen-bond acceptors (Lipinski definition) is 4. The van der Waals surface area contributed by atoms with Crippen molar-refractivity contribution in [2.45, 2.75) is 12.3 Å². The summed E-state index contributed by atoms with van der Waals surface area (Å²) in [5.74, 6) is 0.561. The van der Waals surface area contributed by atoms with Crippen LogP contribution in [0.3, 0.4) is 0 Å². The lowest BCUT2D eigenvalue weighted by Gasteiger charge is -2.14. The molecule has 1 aliphatic carbocycles. The first kappa shape index (κ1) is 20.9. The van der Waals surface area contributed by atoms with Crippen LogP contribution in [0.25, 0.3) is 17.2 Å². The van der Waals surface area contributed by atoms with Crippen molar-refractivity contribution in [3.8, 4) is 17.0 Å². The second-order valence-electron chi connectivity index (χ2n) is 7.20. The van der Waals surface area contributed by atoms with Gasteiger partial charge in [-0.3, -0.25) is 0 Å². The summed E-state index contributed by atoms with van der Waals surface area (Å²) >= 11 is 5.98. The number of carbonyl (C=O) groups is 1. The summed E-state index contributed by atoms with van der Waals surface area (Å²) < 4.78 is 10.8. The van der Waals surface area contributed by atoms with E-state index in [-0.39, 0.29) is 5.92 Å². The van der Waals surface area contributed by atoms with Gasteiger partial charge in [0.05, 0.1) is 12.1 Å². The lowest BCUT2D eigenvalue weighted by atomic mass is 9.98. The fourth-order valence-corrected chi connectivity index (χ4v) is 4.02. The van der Waals surface area contributed by atoms with Crippen molar-refractivity contribution in [1.29, 1.82) is 0 Å². The second-order valence-corrected chi connectivity index (χ2v) is 7.63. The molecule has 0 aliphatic heterocycles. The highest BCUT2D eigenvalue weighted by Crippen LogP contribution is 2.44. The van der Waals surface area contributed by atoms with Crippen LogP contribution in [0.1, 0.15) is 29.0 Å². The standard InChI is InChI=1S/C25H23ClN2O3/c1-30-24-17(14-18(26)15-28-24)8-6-7-13-27-25(29)31-16-23-21-11-4-2-9-19(21)20-10-3-5-12-22(20)23/h2-6,8-12,14-15,23H,7,13,16H2,1H3,(H,27,29). The molecule has 1 N–H and O–H groups in total. The monoisotopic (exact) mass is 434 g/mol. The molecule has 5 nitrogen and oxygen atoms in total. The maximum atomic E-state index is 12.2. The number of fused-ring (bicyclic) bond motifs is 3. The van der Waals surface area contributed by atoms with Gasteiger partial charge in [-0.05, 0) is 34.7 Å². The molecule has 0 atom stereocenters. The normalized spacial score (nSPS) is 12.5. The molecule has 158 valence electrons. The number of alkyl carbamates (subject to hydrolysis) is 1. The Morgan fingerprint density at radius 3 is 2.48 bits per heavy atom. The van der Waals surface area contributed by atoms with Gasteiger partial charge < -0.3 is 14.8 Å². The van der Waals surface area contributed by atoms with Crippen LogP contribution in [-0.2, 0) is 4.74 Å². The predicted octanol–water partition coefficient (Wildman–Crippen LogP) is 5.69. The number of hydrogen-bond donors (Lipinski definition) is 1. The number of aromatic nitrogens is 1. The molecule has 2 aromatic carbocycles. The summed E-state index contributed by atoms with van der Waals surface area (Å²) in [6, 6.07) is 18.3. The van der Waals surface area contributed by atoms with E-state index in [4.69, 9.17) is 21.1 Å². The molecule has 6 heteroatoms. The van der Waals surface area contributed by atoms with E-state index in [9.17, 15) is 4.79 Å². The molecule has 1 aliphatic rings. The van der Waals surface area contributed by atoms with Crippen LogP contribution in [0.15, 0.2) is 66.9 Å². The van der Waals surface area contributed by atoms with Crippen LogP contribution in [0.2, 0.25) is 5.02 Å². The summed E-state index contributed by atoms with van der Waals surface area (Å²) in [6.45, 7) is 0.768. The average Bonchev–Trinajstić information content (AvgIpc) is 3.11. The van der Waals surface area contributed by atoms with E-state index in [2.05, 4.69) is 34.6 Å². The number of benzene rings is 2. The molecule has 0 unspecified atom stereocenters. The van der Waals surface area contributed by atoms with E-state index in [0.29, 0.717) is 30.5 Å². The van der Waals surface area contributed by atoms with Crippen LogP contribution in [-0.4, -0.2) is 31.3 Å². The van der Waals surface area contributed by atoms with E-state index in [1.165, 1.54) is 28.5 Å². The maximum Gasteiger partial charge on any atom is 0.407 e. The summed E-state index contributed by atoms with van der Waals surface area (Å²) in [4.78, 5) is 16.3. The smallest absolute Gasteiger partial charge is 0.407 e. The Hall–Kier alpha value is -3.31. The SMILES string of the molecule is COc1ncc(Cl)cc1C=CCCNC(=O)OCC1c2ccccc2-c2ccccc21. The molecule has 0 fully saturated rings. The zero-order valence-corrected chi connectivity index (χ0v) is 17.9. The molecular weight excluding hydrogens is 412 g/mol. The Kier molecular flexibility index (Phi) is 6.53. The van der Waals surface area contributed by atoms with Gasteiger partial charge in [0.1, 0.15) is 6.61 Å². The minimum atomic E-state index is -0.419. The molecule has 0 saturated heterocycles. The topological polar surface area (TPSA) is 60.5 Å². The van der Waals surface area contributed by atoms with Gasteiger partial charge in [0.2, 0.25) is 5.88 Å². The lowest BCUT2D eigenvalue weighted by molar-refractivity contribution is 0.143. The number of nitrogens with zero attached hydrogens (tertiary/aromatic N) is 1. The summed E-state index contributed by atoms with van der Waals surface area (Å²) in [5.41, 5.74) is 5.61. The molecular formula is C25H23ClN2O3. The van der Waals surface area contributed by atoms with Gasteiger partial charge in [-0.15, -0.1) is 0 Å². The summed E-state index contributed by atoms with van der Waals surface area (Å²) in [6.07, 6.45) is 5.56. The van der Waals surface area contributed by atoms with E-state index in [0.717, 1.165) is 5.56 Å². The van der Waals surface area contributed by atoms with Gasteiger partial charge in [-0.1, -0.05) is 72.3 Å². The first-order chi connectivity index (χ1) is 15.2. The largest absolute Gasteiger partial charge is 0.481 e. The Morgan fingerprint density at radius 1 is 1.13 bits per heavy atom. The van der Waals surface area contributed by atoms with E-state index >= 15 is 0 Å². The number of rotatable bonds is 7. The first-order valence-electron chi connectivity index (χ1n) is 10.1. The third kappa shape index (κ3) is 4.72. The van der Waals surface area contributed by atoms with E-state index in [1.54, 1.807) is 13.2 Å². The van der Waals surface area contributed by atoms with E-state index < -0.39 is 6.09 Å². The molecule has 1 aromatic heterocycles. The molecule has 0 saturated carbocycles. The van der Waals surface area contributed by atoms with Crippen molar-refractivity contribution in [2.24, 2.45) is 0 Å². The Morgan fingerprint density at radius 2 is 1.81 bits per heavy atom. The van der Waals surface area contributed by atoms with Gasteiger partial charge in [-0.25, -0.2) is 9.78 Å². The minimum Gasteiger partial charge on any atom is -0.481 e. The highest BCUT2D eigenvalue weighted by Gasteiger charge is 2.28. The third-order valence-electron chi connectivity index (χ3n) is 5.26. The van der Waals surface area contributed by atoms with Crippen molar-refractivity contribution in [1.82, 2.24) is 10.3 Å². The van der Waals surface area contributed by atoms with Gasteiger partial charge in [-0.2, -0.15) is 0 Å². The Balaban J connectivity index is 1.28. The van der Waals surface area contributed by atoms with Crippen molar-refractivity contribution in [3.05, 3.63) is 88.6 Å². The van der Waals surface area contributed by atoms with Crippen molar-refractivity contribution in [3.63, 3.8) is 0 Å². The van der Waals surface area contributed by atoms with Gasteiger partial charge in [0.15, 0.2) is 0 Å². The van der Waals surface area contributed by atoms with Crippen LogP contribution in [0.4, 0.5) is 4.79 Å². The molecule has 3 aromatic rings. The molecule has 0 spiro atoms.